The number of piperidine rings is 1. The highest BCUT2D eigenvalue weighted by molar-refractivity contribution is 7.20. The molecule has 1 saturated heterocycles. The van der Waals surface area contributed by atoms with Crippen LogP contribution in [0.4, 0.5) is 0 Å². The van der Waals surface area contributed by atoms with Crippen molar-refractivity contribution in [1.29, 1.82) is 0 Å². The smallest absolute Gasteiger partial charge is 0.282 e. The summed E-state index contributed by atoms with van der Waals surface area (Å²) in [6.07, 6.45) is 1.76. The molecule has 1 fully saturated rings. The summed E-state index contributed by atoms with van der Waals surface area (Å²) in [4.78, 5) is 27.8. The molecule has 0 radical (unpaired) electrons. The summed E-state index contributed by atoms with van der Waals surface area (Å²) in [6.45, 7) is 5.06. The zero-order chi connectivity index (χ0) is 18.1. The van der Waals surface area contributed by atoms with E-state index >= 15 is 0 Å². The van der Waals surface area contributed by atoms with Crippen molar-refractivity contribution in [3.63, 3.8) is 0 Å². The zero-order valence-corrected chi connectivity index (χ0v) is 15.6. The van der Waals surface area contributed by atoms with E-state index in [2.05, 4.69) is 15.0 Å². The molecule has 3 aromatic rings. The molecule has 0 aliphatic carbocycles. The zero-order valence-electron chi connectivity index (χ0n) is 14.8. The third-order valence-electron chi connectivity index (χ3n) is 4.37. The van der Waals surface area contributed by atoms with Gasteiger partial charge in [-0.2, -0.15) is 4.98 Å². The number of ether oxygens (including phenoxy) is 1. The van der Waals surface area contributed by atoms with Gasteiger partial charge in [-0.05, 0) is 38.8 Å². The third-order valence-corrected chi connectivity index (χ3v) is 5.40. The van der Waals surface area contributed by atoms with Gasteiger partial charge in [-0.15, -0.1) is 11.3 Å². The molecule has 0 N–H and O–H groups in total. The van der Waals surface area contributed by atoms with E-state index in [1.54, 1.807) is 0 Å². The molecule has 1 amide bonds. The normalized spacial score (nSPS) is 17.5. The van der Waals surface area contributed by atoms with Crippen LogP contribution in [0.25, 0.3) is 10.2 Å². The van der Waals surface area contributed by atoms with Gasteiger partial charge in [-0.25, -0.2) is 9.97 Å². The highest BCUT2D eigenvalue weighted by atomic mass is 32.1. The Morgan fingerprint density at radius 2 is 2.08 bits per heavy atom. The van der Waals surface area contributed by atoms with Crippen molar-refractivity contribution in [2.24, 2.45) is 0 Å². The van der Waals surface area contributed by atoms with E-state index in [0.717, 1.165) is 35.3 Å². The molecular formula is C19H20N4O2S. The molecule has 2 aromatic heterocycles. The van der Waals surface area contributed by atoms with E-state index in [0.29, 0.717) is 23.3 Å². The van der Waals surface area contributed by atoms with E-state index < -0.39 is 0 Å². The van der Waals surface area contributed by atoms with Crippen LogP contribution in [0.15, 0.2) is 30.3 Å². The van der Waals surface area contributed by atoms with Gasteiger partial charge in [-0.1, -0.05) is 12.1 Å². The van der Waals surface area contributed by atoms with Crippen LogP contribution in [0.3, 0.4) is 0 Å². The van der Waals surface area contributed by atoms with Crippen LogP contribution in [0.1, 0.15) is 34.2 Å². The summed E-state index contributed by atoms with van der Waals surface area (Å²) in [6, 6.07) is 9.66. The molecule has 3 heterocycles. The molecule has 134 valence electrons. The van der Waals surface area contributed by atoms with Gasteiger partial charge in [0.25, 0.3) is 5.91 Å². The minimum atomic E-state index is -0.0595. The lowest BCUT2D eigenvalue weighted by Gasteiger charge is -2.32. The first kappa shape index (κ1) is 16.9. The number of carbonyl (C=O) groups is 1. The molecule has 0 saturated carbocycles. The van der Waals surface area contributed by atoms with E-state index in [9.17, 15) is 4.79 Å². The number of hydrogen-bond donors (Lipinski definition) is 0. The van der Waals surface area contributed by atoms with Crippen molar-refractivity contribution in [2.45, 2.75) is 32.8 Å². The predicted molar refractivity (Wildman–Crippen MR) is 101 cm³/mol. The number of carbonyl (C=O) groups excluding carboxylic acids is 1. The second kappa shape index (κ2) is 6.99. The molecule has 4 rings (SSSR count). The van der Waals surface area contributed by atoms with Gasteiger partial charge >= 0.3 is 0 Å². The maximum atomic E-state index is 12.9. The van der Waals surface area contributed by atoms with Crippen molar-refractivity contribution >= 4 is 27.5 Å². The Kier molecular flexibility index (Phi) is 4.55. The molecule has 0 bridgehead atoms. The van der Waals surface area contributed by atoms with Gasteiger partial charge in [0.05, 0.1) is 16.8 Å². The lowest BCUT2D eigenvalue weighted by Crippen LogP contribution is -2.44. The Labute approximate surface area is 155 Å². The van der Waals surface area contributed by atoms with Crippen LogP contribution < -0.4 is 4.74 Å². The first-order valence-corrected chi connectivity index (χ1v) is 9.54. The molecular weight excluding hydrogens is 348 g/mol. The van der Waals surface area contributed by atoms with Crippen LogP contribution in [0, 0.1) is 13.8 Å². The summed E-state index contributed by atoms with van der Waals surface area (Å²) in [5.41, 5.74) is 1.75. The number of amides is 1. The summed E-state index contributed by atoms with van der Waals surface area (Å²) in [7, 11) is 0. The van der Waals surface area contributed by atoms with Crippen molar-refractivity contribution in [3.05, 3.63) is 46.9 Å². The Hall–Kier alpha value is -2.54. The number of fused-ring (bicyclic) bond motifs is 1. The number of para-hydroxylation sites is 1. The first-order chi connectivity index (χ1) is 12.6. The Morgan fingerprint density at radius 1 is 1.23 bits per heavy atom. The van der Waals surface area contributed by atoms with E-state index in [4.69, 9.17) is 4.74 Å². The quantitative estimate of drug-likeness (QED) is 0.709. The minimum absolute atomic E-state index is 0.0189. The Morgan fingerprint density at radius 3 is 2.88 bits per heavy atom. The molecule has 1 atom stereocenters. The van der Waals surface area contributed by atoms with Crippen LogP contribution in [-0.4, -0.2) is 45.0 Å². The Balaban J connectivity index is 1.48. The molecule has 7 heteroatoms. The molecule has 1 aliphatic rings. The first-order valence-electron chi connectivity index (χ1n) is 8.72. The molecule has 1 aromatic carbocycles. The summed E-state index contributed by atoms with van der Waals surface area (Å²) in [5, 5.41) is 0.542. The average Bonchev–Trinajstić information content (AvgIpc) is 3.04. The fourth-order valence-electron chi connectivity index (χ4n) is 3.23. The highest BCUT2D eigenvalue weighted by Crippen LogP contribution is 2.24. The summed E-state index contributed by atoms with van der Waals surface area (Å²) in [5.74, 6) is 1.25. The van der Waals surface area contributed by atoms with Crippen molar-refractivity contribution in [3.8, 4) is 5.88 Å². The number of likely N-dealkylation sites (tertiary alicyclic amines) is 1. The SMILES string of the molecule is Cc1cc(O[C@H]2CCCN(C(=O)c3nc4ccccc4s3)C2)nc(C)n1. The molecule has 26 heavy (non-hydrogen) atoms. The number of aryl methyl sites for hydroxylation is 2. The largest absolute Gasteiger partial charge is 0.472 e. The fourth-order valence-corrected chi connectivity index (χ4v) is 4.17. The van der Waals surface area contributed by atoms with Crippen LogP contribution >= 0.6 is 11.3 Å². The van der Waals surface area contributed by atoms with Crippen molar-refractivity contribution < 1.29 is 9.53 Å². The van der Waals surface area contributed by atoms with Gasteiger partial charge in [0.1, 0.15) is 11.9 Å². The number of rotatable bonds is 3. The number of hydrogen-bond acceptors (Lipinski definition) is 6. The molecule has 6 nitrogen and oxygen atoms in total. The fraction of sp³-hybridized carbons (Fsp3) is 0.368. The topological polar surface area (TPSA) is 68.2 Å². The minimum Gasteiger partial charge on any atom is -0.472 e. The standard InChI is InChI=1S/C19H20N4O2S/c1-12-10-17(21-13(2)20-12)25-14-6-5-9-23(11-14)19(24)18-22-15-7-3-4-8-16(15)26-18/h3-4,7-8,10,14H,5-6,9,11H2,1-2H3/t14-/m0/s1. The predicted octanol–water partition coefficient (Wildman–Crippen LogP) is 3.39. The van der Waals surface area contributed by atoms with Gasteiger partial charge in [0, 0.05) is 18.3 Å². The van der Waals surface area contributed by atoms with Crippen molar-refractivity contribution in [2.75, 3.05) is 13.1 Å². The maximum Gasteiger partial charge on any atom is 0.282 e. The average molecular weight is 368 g/mol. The number of aromatic nitrogens is 3. The van der Waals surface area contributed by atoms with Gasteiger partial charge in [0.2, 0.25) is 5.88 Å². The van der Waals surface area contributed by atoms with E-state index in [1.807, 2.05) is 49.1 Å². The van der Waals surface area contributed by atoms with E-state index in [1.165, 1.54) is 11.3 Å². The molecule has 0 unspecified atom stereocenters. The Bertz CT molecular complexity index is 902. The summed E-state index contributed by atoms with van der Waals surface area (Å²) >= 11 is 1.44. The number of nitrogens with zero attached hydrogens (tertiary/aromatic N) is 4. The molecule has 1 aliphatic heterocycles. The van der Waals surface area contributed by atoms with Gasteiger partial charge in [0.15, 0.2) is 5.01 Å². The van der Waals surface area contributed by atoms with Gasteiger partial charge < -0.3 is 9.64 Å². The maximum absolute atomic E-state index is 12.9. The second-order valence-electron chi connectivity index (χ2n) is 6.51. The number of benzene rings is 1. The van der Waals surface area contributed by atoms with Crippen LogP contribution in [0.5, 0.6) is 5.88 Å². The lowest BCUT2D eigenvalue weighted by atomic mass is 10.1. The number of thiazole rings is 1. The second-order valence-corrected chi connectivity index (χ2v) is 7.55. The molecule has 0 spiro atoms. The van der Waals surface area contributed by atoms with Gasteiger partial charge in [-0.3, -0.25) is 4.79 Å². The summed E-state index contributed by atoms with van der Waals surface area (Å²) < 4.78 is 7.06. The highest BCUT2D eigenvalue weighted by Gasteiger charge is 2.27. The lowest BCUT2D eigenvalue weighted by molar-refractivity contribution is 0.0526. The van der Waals surface area contributed by atoms with E-state index in [-0.39, 0.29) is 12.0 Å². The van der Waals surface area contributed by atoms with Crippen LogP contribution in [0.2, 0.25) is 0 Å². The van der Waals surface area contributed by atoms with Crippen LogP contribution in [-0.2, 0) is 0 Å². The third kappa shape index (κ3) is 3.53. The van der Waals surface area contributed by atoms with Crippen molar-refractivity contribution in [1.82, 2.24) is 19.9 Å². The monoisotopic (exact) mass is 368 g/mol.